The van der Waals surface area contributed by atoms with Gasteiger partial charge in [-0.05, 0) is 43.8 Å². The monoisotopic (exact) mass is 329 g/mol. The highest BCUT2D eigenvalue weighted by Gasteiger charge is 2.21. The first-order chi connectivity index (χ1) is 11.3. The number of benzene rings is 1. The third-order valence-corrected chi connectivity index (χ3v) is 5.50. The van der Waals surface area contributed by atoms with Gasteiger partial charge in [0.2, 0.25) is 5.91 Å². The average molecular weight is 329 g/mol. The molecule has 23 heavy (non-hydrogen) atoms. The van der Waals surface area contributed by atoms with Gasteiger partial charge >= 0.3 is 0 Å². The van der Waals surface area contributed by atoms with E-state index in [0.717, 1.165) is 43.0 Å². The molecule has 3 rings (SSSR count). The van der Waals surface area contributed by atoms with Gasteiger partial charge in [-0.2, -0.15) is 0 Å². The van der Waals surface area contributed by atoms with Gasteiger partial charge in [0.25, 0.3) is 0 Å². The number of hydrogen-bond acceptors (Lipinski definition) is 4. The number of hydrogen-bond donors (Lipinski definition) is 2. The van der Waals surface area contributed by atoms with E-state index in [1.54, 1.807) is 11.3 Å². The molecule has 0 aliphatic carbocycles. The van der Waals surface area contributed by atoms with Crippen LogP contribution in [0.15, 0.2) is 36.5 Å². The summed E-state index contributed by atoms with van der Waals surface area (Å²) < 4.78 is 0. The van der Waals surface area contributed by atoms with Crippen LogP contribution < -0.4 is 10.6 Å². The fourth-order valence-corrected chi connectivity index (χ4v) is 4.08. The van der Waals surface area contributed by atoms with Crippen LogP contribution >= 0.6 is 11.3 Å². The lowest BCUT2D eigenvalue weighted by atomic mass is 9.96. The van der Waals surface area contributed by atoms with E-state index in [1.165, 1.54) is 4.88 Å². The third-order valence-electron chi connectivity index (χ3n) is 4.42. The van der Waals surface area contributed by atoms with E-state index in [1.807, 2.05) is 43.5 Å². The molecule has 1 aliphatic heterocycles. The maximum atomic E-state index is 12.6. The van der Waals surface area contributed by atoms with Crippen molar-refractivity contribution in [2.24, 2.45) is 0 Å². The molecular formula is C18H23N3OS. The smallest absolute Gasteiger partial charge is 0.233 e. The Labute approximate surface area is 141 Å². The number of amides is 1. The molecule has 1 unspecified atom stereocenters. The van der Waals surface area contributed by atoms with Gasteiger partial charge in [-0.25, -0.2) is 4.98 Å². The maximum Gasteiger partial charge on any atom is 0.233 e. The minimum Gasteiger partial charge on any atom is -0.317 e. The predicted octanol–water partition coefficient (Wildman–Crippen LogP) is 3.74. The molecule has 1 aliphatic rings. The highest BCUT2D eigenvalue weighted by Crippen LogP contribution is 2.32. The van der Waals surface area contributed by atoms with Crippen molar-refractivity contribution in [3.63, 3.8) is 0 Å². The maximum absolute atomic E-state index is 12.6. The molecule has 2 aromatic rings. The lowest BCUT2D eigenvalue weighted by molar-refractivity contribution is -0.117. The van der Waals surface area contributed by atoms with Crippen LogP contribution in [0.5, 0.6) is 0 Å². The first-order valence-corrected chi connectivity index (χ1v) is 9.12. The SMILES string of the molecule is CCC(C(=O)Nc1ncc(C2CCNCC2)s1)c1ccccc1. The molecule has 5 heteroatoms. The number of aromatic nitrogens is 1. The van der Waals surface area contributed by atoms with Gasteiger partial charge in [-0.1, -0.05) is 37.3 Å². The van der Waals surface area contributed by atoms with Crippen molar-refractivity contribution in [3.8, 4) is 0 Å². The molecule has 1 saturated heterocycles. The molecule has 2 N–H and O–H groups in total. The predicted molar refractivity (Wildman–Crippen MR) is 95.1 cm³/mol. The second kappa shape index (κ2) is 7.70. The van der Waals surface area contributed by atoms with Gasteiger partial charge in [0, 0.05) is 11.1 Å². The summed E-state index contributed by atoms with van der Waals surface area (Å²) >= 11 is 1.62. The normalized spacial score (nSPS) is 16.9. The zero-order valence-electron chi connectivity index (χ0n) is 13.4. The van der Waals surface area contributed by atoms with E-state index in [2.05, 4.69) is 15.6 Å². The van der Waals surface area contributed by atoms with Crippen molar-refractivity contribution in [2.75, 3.05) is 18.4 Å². The van der Waals surface area contributed by atoms with Crippen LogP contribution in [0.1, 0.15) is 48.5 Å². The first kappa shape index (κ1) is 16.1. The summed E-state index contributed by atoms with van der Waals surface area (Å²) in [6, 6.07) is 9.94. The fraction of sp³-hybridized carbons (Fsp3) is 0.444. The zero-order chi connectivity index (χ0) is 16.1. The highest BCUT2D eigenvalue weighted by atomic mass is 32.1. The summed E-state index contributed by atoms with van der Waals surface area (Å²) in [5.41, 5.74) is 1.06. The van der Waals surface area contributed by atoms with Crippen molar-refractivity contribution < 1.29 is 4.79 Å². The summed E-state index contributed by atoms with van der Waals surface area (Å²) in [5.74, 6) is 0.489. The van der Waals surface area contributed by atoms with E-state index >= 15 is 0 Å². The summed E-state index contributed by atoms with van der Waals surface area (Å²) in [6.45, 7) is 4.17. The van der Waals surface area contributed by atoms with Crippen molar-refractivity contribution in [1.29, 1.82) is 0 Å². The number of piperidine rings is 1. The van der Waals surface area contributed by atoms with E-state index in [-0.39, 0.29) is 11.8 Å². The number of rotatable bonds is 5. The Morgan fingerprint density at radius 1 is 1.35 bits per heavy atom. The number of thiazole rings is 1. The van der Waals surface area contributed by atoms with E-state index in [4.69, 9.17) is 0 Å². The molecule has 4 nitrogen and oxygen atoms in total. The molecule has 0 spiro atoms. The number of anilines is 1. The summed E-state index contributed by atoms with van der Waals surface area (Å²) in [4.78, 5) is 18.3. The van der Waals surface area contributed by atoms with Crippen molar-refractivity contribution in [3.05, 3.63) is 47.0 Å². The van der Waals surface area contributed by atoms with E-state index in [9.17, 15) is 4.79 Å². The van der Waals surface area contributed by atoms with Crippen LogP contribution in [0.4, 0.5) is 5.13 Å². The molecule has 0 bridgehead atoms. The number of nitrogens with zero attached hydrogens (tertiary/aromatic N) is 1. The van der Waals surface area contributed by atoms with Crippen LogP contribution in [-0.4, -0.2) is 24.0 Å². The second-order valence-corrected chi connectivity index (χ2v) is 7.02. The van der Waals surface area contributed by atoms with E-state index < -0.39 is 0 Å². The molecule has 2 heterocycles. The second-order valence-electron chi connectivity index (χ2n) is 5.95. The molecular weight excluding hydrogens is 306 g/mol. The third kappa shape index (κ3) is 3.98. The van der Waals surface area contributed by atoms with Crippen molar-refractivity contribution >= 4 is 22.4 Å². The Kier molecular flexibility index (Phi) is 5.41. The molecule has 1 aromatic carbocycles. The Balaban J connectivity index is 1.66. The largest absolute Gasteiger partial charge is 0.317 e. The van der Waals surface area contributed by atoms with Crippen molar-refractivity contribution in [2.45, 2.75) is 38.0 Å². The Hall–Kier alpha value is -1.72. The highest BCUT2D eigenvalue weighted by molar-refractivity contribution is 7.15. The van der Waals surface area contributed by atoms with Crippen LogP contribution in [0.25, 0.3) is 0 Å². The molecule has 1 aromatic heterocycles. The topological polar surface area (TPSA) is 54.0 Å². The fourth-order valence-electron chi connectivity index (χ4n) is 3.09. The van der Waals surface area contributed by atoms with Gasteiger partial charge in [-0.15, -0.1) is 11.3 Å². The van der Waals surface area contributed by atoms with Gasteiger partial charge < -0.3 is 10.6 Å². The molecule has 1 atom stereocenters. The van der Waals surface area contributed by atoms with Crippen LogP contribution in [0, 0.1) is 0 Å². The summed E-state index contributed by atoms with van der Waals surface area (Å²) in [6.07, 6.45) is 5.01. The minimum absolute atomic E-state index is 0.0323. The van der Waals surface area contributed by atoms with Gasteiger partial charge in [0.05, 0.1) is 5.92 Å². The zero-order valence-corrected chi connectivity index (χ0v) is 14.2. The number of nitrogens with one attached hydrogen (secondary N) is 2. The Bertz CT molecular complexity index is 635. The molecule has 1 amide bonds. The molecule has 0 radical (unpaired) electrons. The lowest BCUT2D eigenvalue weighted by Crippen LogP contribution is -2.26. The molecule has 122 valence electrons. The lowest BCUT2D eigenvalue weighted by Gasteiger charge is -2.20. The minimum atomic E-state index is -0.123. The Morgan fingerprint density at radius 2 is 2.09 bits per heavy atom. The molecule has 0 saturated carbocycles. The number of carbonyl (C=O) groups excluding carboxylic acids is 1. The molecule has 1 fully saturated rings. The van der Waals surface area contributed by atoms with Crippen LogP contribution in [0.3, 0.4) is 0 Å². The summed E-state index contributed by atoms with van der Waals surface area (Å²) in [7, 11) is 0. The van der Waals surface area contributed by atoms with Crippen molar-refractivity contribution in [1.82, 2.24) is 10.3 Å². The quantitative estimate of drug-likeness (QED) is 0.878. The standard InChI is InChI=1S/C18H23N3OS/c1-2-15(13-6-4-3-5-7-13)17(22)21-18-20-12-16(23-18)14-8-10-19-11-9-14/h3-7,12,14-15,19H,2,8-11H2,1H3,(H,20,21,22). The summed E-state index contributed by atoms with van der Waals surface area (Å²) in [5, 5.41) is 7.10. The van der Waals surface area contributed by atoms with Gasteiger partial charge in [-0.3, -0.25) is 4.79 Å². The van der Waals surface area contributed by atoms with Crippen LogP contribution in [0.2, 0.25) is 0 Å². The van der Waals surface area contributed by atoms with Gasteiger partial charge in [0.15, 0.2) is 5.13 Å². The number of carbonyl (C=O) groups is 1. The first-order valence-electron chi connectivity index (χ1n) is 8.30. The Morgan fingerprint density at radius 3 is 2.78 bits per heavy atom. The van der Waals surface area contributed by atoms with E-state index in [0.29, 0.717) is 5.92 Å². The van der Waals surface area contributed by atoms with Crippen LogP contribution in [-0.2, 0) is 4.79 Å². The average Bonchev–Trinajstić information content (AvgIpc) is 3.06. The van der Waals surface area contributed by atoms with Gasteiger partial charge in [0.1, 0.15) is 0 Å².